The van der Waals surface area contributed by atoms with Crippen LogP contribution in [0.2, 0.25) is 0 Å². The highest BCUT2D eigenvalue weighted by molar-refractivity contribution is 9.10. The first kappa shape index (κ1) is 15.8. The highest BCUT2D eigenvalue weighted by atomic mass is 79.9. The van der Waals surface area contributed by atoms with Crippen molar-refractivity contribution in [3.63, 3.8) is 0 Å². The van der Waals surface area contributed by atoms with E-state index < -0.39 is 11.8 Å². The molecule has 0 unspecified atom stereocenters. The molecule has 118 valence electrons. The molecule has 0 spiro atoms. The number of hydrogen-bond acceptors (Lipinski definition) is 5. The second kappa shape index (κ2) is 6.21. The Hall–Kier alpha value is -2.06. The van der Waals surface area contributed by atoms with Crippen LogP contribution in [0.4, 0.5) is 4.39 Å². The summed E-state index contributed by atoms with van der Waals surface area (Å²) in [5, 5.41) is 1.82. The number of rotatable bonds is 3. The molecule has 8 heteroatoms. The van der Waals surface area contributed by atoms with Gasteiger partial charge in [0.1, 0.15) is 12.4 Å². The SMILES string of the molecule is Cc1csc2nc(COC(=O)c3cc(Br)ccc3F)cc(=O)n12. The van der Waals surface area contributed by atoms with Gasteiger partial charge in [-0.2, -0.15) is 0 Å². The molecule has 2 aromatic heterocycles. The first-order chi connectivity index (χ1) is 11.0. The fourth-order valence-electron chi connectivity index (χ4n) is 2.05. The van der Waals surface area contributed by atoms with E-state index in [2.05, 4.69) is 20.9 Å². The molecule has 0 radical (unpaired) electrons. The lowest BCUT2D eigenvalue weighted by molar-refractivity contribution is 0.0462. The summed E-state index contributed by atoms with van der Waals surface area (Å²) in [5.74, 6) is -1.48. The minimum absolute atomic E-state index is 0.177. The third-order valence-corrected chi connectivity index (χ3v) is 4.56. The molecule has 0 atom stereocenters. The number of nitrogens with zero attached hydrogens (tertiary/aromatic N) is 2. The van der Waals surface area contributed by atoms with Gasteiger partial charge in [-0.05, 0) is 25.1 Å². The van der Waals surface area contributed by atoms with Gasteiger partial charge in [-0.15, -0.1) is 11.3 Å². The summed E-state index contributed by atoms with van der Waals surface area (Å²) in [7, 11) is 0. The predicted octanol–water partition coefficient (Wildman–Crippen LogP) is 3.32. The average molecular weight is 397 g/mol. The summed E-state index contributed by atoms with van der Waals surface area (Å²) < 4.78 is 20.7. The van der Waals surface area contributed by atoms with Gasteiger partial charge in [-0.25, -0.2) is 14.2 Å². The number of fused-ring (bicyclic) bond motifs is 1. The fraction of sp³-hybridized carbons (Fsp3) is 0.133. The minimum atomic E-state index is -0.812. The Kier molecular flexibility index (Phi) is 4.27. The minimum Gasteiger partial charge on any atom is -0.455 e. The van der Waals surface area contributed by atoms with Crippen molar-refractivity contribution in [3.05, 3.63) is 67.2 Å². The molecule has 1 aromatic carbocycles. The fourth-order valence-corrected chi connectivity index (χ4v) is 3.30. The number of hydrogen-bond donors (Lipinski definition) is 0. The molecule has 0 aliphatic rings. The second-order valence-corrected chi connectivity index (χ2v) is 6.53. The van der Waals surface area contributed by atoms with Crippen LogP contribution in [-0.2, 0) is 11.3 Å². The van der Waals surface area contributed by atoms with Crippen molar-refractivity contribution in [2.45, 2.75) is 13.5 Å². The van der Waals surface area contributed by atoms with E-state index in [1.807, 2.05) is 12.3 Å². The number of esters is 1. The number of ether oxygens (including phenoxy) is 1. The molecular formula is C15H10BrFN2O3S. The van der Waals surface area contributed by atoms with Crippen molar-refractivity contribution in [1.29, 1.82) is 0 Å². The molecule has 0 aliphatic carbocycles. The zero-order valence-electron chi connectivity index (χ0n) is 11.9. The van der Waals surface area contributed by atoms with Gasteiger partial charge < -0.3 is 4.74 Å². The molecule has 0 saturated heterocycles. The van der Waals surface area contributed by atoms with Crippen molar-refractivity contribution in [2.24, 2.45) is 0 Å². The number of benzene rings is 1. The van der Waals surface area contributed by atoms with E-state index in [4.69, 9.17) is 4.74 Å². The molecule has 0 fully saturated rings. The van der Waals surface area contributed by atoms with Crippen LogP contribution in [0, 0.1) is 12.7 Å². The molecule has 5 nitrogen and oxygen atoms in total. The quantitative estimate of drug-likeness (QED) is 0.637. The lowest BCUT2D eigenvalue weighted by Gasteiger charge is -2.06. The third kappa shape index (κ3) is 3.18. The normalized spacial score (nSPS) is 10.9. The van der Waals surface area contributed by atoms with Gasteiger partial charge in [0.25, 0.3) is 5.56 Å². The molecule has 0 amide bonds. The molecule has 0 N–H and O–H groups in total. The maximum absolute atomic E-state index is 13.6. The van der Waals surface area contributed by atoms with Crippen LogP contribution >= 0.6 is 27.3 Å². The first-order valence-corrected chi connectivity index (χ1v) is 8.22. The summed E-state index contributed by atoms with van der Waals surface area (Å²) in [4.78, 5) is 28.8. The molecule has 0 aliphatic heterocycles. The van der Waals surface area contributed by atoms with Crippen LogP contribution < -0.4 is 5.56 Å². The maximum Gasteiger partial charge on any atom is 0.341 e. The van der Waals surface area contributed by atoms with Gasteiger partial charge >= 0.3 is 5.97 Å². The number of carbonyl (C=O) groups excluding carboxylic acids is 1. The standard InChI is InChI=1S/C15H10BrFN2O3S/c1-8-7-23-15-18-10(5-13(20)19(8)15)6-22-14(21)11-4-9(16)2-3-12(11)17/h2-5,7H,6H2,1H3. The highest BCUT2D eigenvalue weighted by Gasteiger charge is 2.15. The first-order valence-electron chi connectivity index (χ1n) is 6.54. The van der Waals surface area contributed by atoms with Gasteiger partial charge in [0, 0.05) is 21.6 Å². The number of aromatic nitrogens is 2. The van der Waals surface area contributed by atoms with Gasteiger partial charge in [-0.3, -0.25) is 9.20 Å². The van der Waals surface area contributed by atoms with Crippen LogP contribution in [0.1, 0.15) is 21.7 Å². The Morgan fingerprint density at radius 2 is 2.22 bits per heavy atom. The zero-order valence-corrected chi connectivity index (χ0v) is 14.3. The second-order valence-electron chi connectivity index (χ2n) is 4.78. The van der Waals surface area contributed by atoms with E-state index in [-0.39, 0.29) is 17.7 Å². The summed E-state index contributed by atoms with van der Waals surface area (Å²) in [6.45, 7) is 1.61. The molecule has 3 aromatic rings. The molecule has 2 heterocycles. The Morgan fingerprint density at radius 1 is 1.43 bits per heavy atom. The van der Waals surface area contributed by atoms with Crippen LogP contribution in [0.25, 0.3) is 4.96 Å². The molecule has 3 rings (SSSR count). The van der Waals surface area contributed by atoms with Gasteiger partial charge in [-0.1, -0.05) is 15.9 Å². The Balaban J connectivity index is 1.82. The van der Waals surface area contributed by atoms with E-state index >= 15 is 0 Å². The zero-order chi connectivity index (χ0) is 16.6. The van der Waals surface area contributed by atoms with E-state index in [1.165, 1.54) is 40.0 Å². The van der Waals surface area contributed by atoms with Crippen molar-refractivity contribution in [1.82, 2.24) is 9.38 Å². The van der Waals surface area contributed by atoms with E-state index in [0.29, 0.717) is 15.1 Å². The highest BCUT2D eigenvalue weighted by Crippen LogP contribution is 2.17. The molecule has 23 heavy (non-hydrogen) atoms. The topological polar surface area (TPSA) is 60.7 Å². The van der Waals surface area contributed by atoms with Crippen molar-refractivity contribution in [2.75, 3.05) is 0 Å². The maximum atomic E-state index is 13.6. The van der Waals surface area contributed by atoms with Crippen molar-refractivity contribution in [3.8, 4) is 0 Å². The van der Waals surface area contributed by atoms with Crippen LogP contribution in [0.3, 0.4) is 0 Å². The number of halogens is 2. The van der Waals surface area contributed by atoms with Crippen molar-refractivity contribution >= 4 is 38.2 Å². The summed E-state index contributed by atoms with van der Waals surface area (Å²) in [5.41, 5.74) is 0.695. The Labute approximate surface area is 142 Å². The van der Waals surface area contributed by atoms with Crippen LogP contribution in [-0.4, -0.2) is 15.4 Å². The molecule has 0 saturated carbocycles. The Bertz CT molecular complexity index is 967. The largest absolute Gasteiger partial charge is 0.455 e. The van der Waals surface area contributed by atoms with Crippen LogP contribution in [0.5, 0.6) is 0 Å². The number of carbonyl (C=O) groups is 1. The summed E-state index contributed by atoms with van der Waals surface area (Å²) >= 11 is 4.49. The predicted molar refractivity (Wildman–Crippen MR) is 87.3 cm³/mol. The van der Waals surface area contributed by atoms with E-state index in [9.17, 15) is 14.0 Å². The van der Waals surface area contributed by atoms with Gasteiger partial charge in [0.15, 0.2) is 4.96 Å². The number of thiazole rings is 1. The third-order valence-electron chi connectivity index (χ3n) is 3.13. The van der Waals surface area contributed by atoms with Crippen molar-refractivity contribution < 1.29 is 13.9 Å². The summed E-state index contributed by atoms with van der Waals surface area (Å²) in [6.07, 6.45) is 0. The lowest BCUT2D eigenvalue weighted by Crippen LogP contribution is -2.16. The lowest BCUT2D eigenvalue weighted by atomic mass is 10.2. The van der Waals surface area contributed by atoms with E-state index in [0.717, 1.165) is 5.69 Å². The molecule has 0 bridgehead atoms. The van der Waals surface area contributed by atoms with E-state index in [1.54, 1.807) is 0 Å². The van der Waals surface area contributed by atoms with Gasteiger partial charge in [0.2, 0.25) is 0 Å². The van der Waals surface area contributed by atoms with Crippen LogP contribution in [0.15, 0.2) is 38.9 Å². The molecular weight excluding hydrogens is 387 g/mol. The van der Waals surface area contributed by atoms with Gasteiger partial charge in [0.05, 0.1) is 11.3 Å². The number of aryl methyl sites for hydroxylation is 1. The monoisotopic (exact) mass is 396 g/mol. The smallest absolute Gasteiger partial charge is 0.341 e. The summed E-state index contributed by atoms with van der Waals surface area (Å²) in [6, 6.07) is 5.30. The Morgan fingerprint density at radius 3 is 3.00 bits per heavy atom. The average Bonchev–Trinajstić information content (AvgIpc) is 2.89.